The van der Waals surface area contributed by atoms with Crippen LogP contribution in [0.15, 0.2) is 6.20 Å². The number of carboxylic acid groups (broad SMARTS) is 1. The molecule has 2 N–H and O–H groups in total. The maximum Gasteiger partial charge on any atom is 0.339 e. The first-order valence-electron chi connectivity index (χ1n) is 2.57. The zero-order valence-electron chi connectivity index (χ0n) is 4.97. The molecular formula is C5H5IN2O2. The summed E-state index contributed by atoms with van der Waals surface area (Å²) in [7, 11) is 0. The van der Waals surface area contributed by atoms with Gasteiger partial charge >= 0.3 is 5.97 Å². The molecule has 0 saturated carbocycles. The number of aromatic carboxylic acids is 1. The summed E-state index contributed by atoms with van der Waals surface area (Å²) >= 11 is 2.06. The van der Waals surface area contributed by atoms with E-state index in [9.17, 15) is 4.79 Å². The molecule has 0 saturated heterocycles. The summed E-state index contributed by atoms with van der Waals surface area (Å²) in [6.45, 7) is 0. The molecule has 0 aliphatic heterocycles. The first-order chi connectivity index (χ1) is 4.75. The van der Waals surface area contributed by atoms with Crippen molar-refractivity contribution in [3.63, 3.8) is 0 Å². The first-order valence-corrected chi connectivity index (χ1v) is 4.10. The molecule has 0 bridgehead atoms. The summed E-state index contributed by atoms with van der Waals surface area (Å²) < 4.78 is 0.614. The van der Waals surface area contributed by atoms with Gasteiger partial charge in [-0.2, -0.15) is 5.10 Å². The van der Waals surface area contributed by atoms with Crippen LogP contribution in [0.2, 0.25) is 0 Å². The van der Waals surface area contributed by atoms with E-state index < -0.39 is 5.97 Å². The highest BCUT2D eigenvalue weighted by atomic mass is 127. The highest BCUT2D eigenvalue weighted by Crippen LogP contribution is 2.07. The van der Waals surface area contributed by atoms with Gasteiger partial charge in [-0.1, -0.05) is 22.6 Å². The molecule has 0 amide bonds. The summed E-state index contributed by atoms with van der Waals surface area (Å²) in [5.74, 6) is -0.930. The van der Waals surface area contributed by atoms with Crippen LogP contribution < -0.4 is 0 Å². The third kappa shape index (κ3) is 1.28. The minimum absolute atomic E-state index is 0.259. The fourth-order valence-corrected chi connectivity index (χ4v) is 1.19. The van der Waals surface area contributed by atoms with Gasteiger partial charge < -0.3 is 5.11 Å². The second-order valence-corrected chi connectivity index (χ2v) is 2.45. The molecule has 0 fully saturated rings. The lowest BCUT2D eigenvalue weighted by atomic mass is 10.3. The fourth-order valence-electron chi connectivity index (χ4n) is 0.605. The average molecular weight is 252 g/mol. The number of nitrogens with one attached hydrogen (secondary N) is 1. The van der Waals surface area contributed by atoms with Crippen LogP contribution in [-0.2, 0) is 4.43 Å². The number of aromatic nitrogens is 2. The second kappa shape index (κ2) is 3.00. The van der Waals surface area contributed by atoms with E-state index in [1.165, 1.54) is 6.20 Å². The van der Waals surface area contributed by atoms with Gasteiger partial charge in [-0.05, 0) is 0 Å². The maximum absolute atomic E-state index is 10.4. The van der Waals surface area contributed by atoms with Crippen LogP contribution in [-0.4, -0.2) is 21.3 Å². The molecule has 1 rings (SSSR count). The van der Waals surface area contributed by atoms with Crippen LogP contribution in [0.1, 0.15) is 16.1 Å². The standard InChI is InChI=1S/C5H5IN2O2/c6-1-4-3(5(9)10)2-7-8-4/h2H,1H2,(H,7,8)(H,9,10). The number of H-pyrrole nitrogens is 1. The Morgan fingerprint density at radius 2 is 2.60 bits per heavy atom. The Morgan fingerprint density at radius 3 is 3.00 bits per heavy atom. The predicted molar refractivity (Wildman–Crippen MR) is 43.3 cm³/mol. The molecule has 5 heteroatoms. The van der Waals surface area contributed by atoms with Crippen LogP contribution in [0.5, 0.6) is 0 Å². The molecule has 4 nitrogen and oxygen atoms in total. The van der Waals surface area contributed by atoms with Crippen LogP contribution in [0.3, 0.4) is 0 Å². The molecule has 54 valence electrons. The number of carboxylic acids is 1. The van der Waals surface area contributed by atoms with Crippen molar-refractivity contribution in [3.05, 3.63) is 17.5 Å². The van der Waals surface area contributed by atoms with Gasteiger partial charge in [-0.25, -0.2) is 4.79 Å². The van der Waals surface area contributed by atoms with Gasteiger partial charge in [0.2, 0.25) is 0 Å². The number of alkyl halides is 1. The molecule has 0 aliphatic rings. The summed E-state index contributed by atoms with van der Waals surface area (Å²) in [5.41, 5.74) is 0.850. The van der Waals surface area contributed by atoms with Crippen molar-refractivity contribution >= 4 is 28.6 Å². The van der Waals surface area contributed by atoms with E-state index >= 15 is 0 Å². The third-order valence-electron chi connectivity index (χ3n) is 1.08. The van der Waals surface area contributed by atoms with E-state index in [-0.39, 0.29) is 5.56 Å². The molecule has 0 unspecified atom stereocenters. The van der Waals surface area contributed by atoms with Crippen LogP contribution in [0, 0.1) is 0 Å². The smallest absolute Gasteiger partial charge is 0.339 e. The van der Waals surface area contributed by atoms with Gasteiger partial charge in [0, 0.05) is 10.6 Å². The minimum atomic E-state index is -0.930. The number of hydrogen-bond acceptors (Lipinski definition) is 2. The van der Waals surface area contributed by atoms with Crippen LogP contribution in [0.4, 0.5) is 0 Å². The Balaban J connectivity index is 3.01. The SMILES string of the molecule is O=C(O)c1c[nH]nc1CI. The van der Waals surface area contributed by atoms with Crippen molar-refractivity contribution in [2.24, 2.45) is 0 Å². The van der Waals surface area contributed by atoms with E-state index in [2.05, 4.69) is 32.8 Å². The Kier molecular flexibility index (Phi) is 2.25. The van der Waals surface area contributed by atoms with Gasteiger partial charge in [0.1, 0.15) is 5.56 Å². The Bertz CT molecular complexity index is 246. The molecule has 1 aromatic heterocycles. The maximum atomic E-state index is 10.4. The first kappa shape index (κ1) is 7.52. The van der Waals surface area contributed by atoms with Crippen molar-refractivity contribution < 1.29 is 9.90 Å². The number of carbonyl (C=O) groups is 1. The predicted octanol–water partition coefficient (Wildman–Crippen LogP) is 1.04. The average Bonchev–Trinajstić information content (AvgIpc) is 2.33. The molecular weight excluding hydrogens is 247 g/mol. The van der Waals surface area contributed by atoms with Crippen LogP contribution in [0.25, 0.3) is 0 Å². The van der Waals surface area contributed by atoms with Crippen molar-refractivity contribution in [3.8, 4) is 0 Å². The van der Waals surface area contributed by atoms with Crippen molar-refractivity contribution in [1.29, 1.82) is 0 Å². The lowest BCUT2D eigenvalue weighted by Crippen LogP contribution is -1.97. The number of halogens is 1. The summed E-state index contributed by atoms with van der Waals surface area (Å²) in [6.07, 6.45) is 1.39. The molecule has 0 aromatic carbocycles. The summed E-state index contributed by atoms with van der Waals surface area (Å²) in [4.78, 5) is 10.4. The van der Waals surface area contributed by atoms with E-state index in [0.29, 0.717) is 10.1 Å². The topological polar surface area (TPSA) is 66.0 Å². The van der Waals surface area contributed by atoms with Gasteiger partial charge in [0.05, 0.1) is 5.69 Å². The summed E-state index contributed by atoms with van der Waals surface area (Å²) in [5, 5.41) is 14.8. The number of hydrogen-bond donors (Lipinski definition) is 2. The molecule has 0 atom stereocenters. The third-order valence-corrected chi connectivity index (χ3v) is 1.80. The monoisotopic (exact) mass is 252 g/mol. The number of rotatable bonds is 2. The zero-order valence-corrected chi connectivity index (χ0v) is 7.12. The van der Waals surface area contributed by atoms with Crippen molar-refractivity contribution in [2.45, 2.75) is 4.43 Å². The van der Waals surface area contributed by atoms with Gasteiger partial charge in [0.25, 0.3) is 0 Å². The van der Waals surface area contributed by atoms with E-state index in [1.807, 2.05) is 0 Å². The molecule has 0 radical (unpaired) electrons. The van der Waals surface area contributed by atoms with Gasteiger partial charge in [0.15, 0.2) is 0 Å². The largest absolute Gasteiger partial charge is 0.478 e. The molecule has 1 aromatic rings. The zero-order chi connectivity index (χ0) is 7.56. The van der Waals surface area contributed by atoms with Crippen LogP contribution >= 0.6 is 22.6 Å². The molecule has 0 spiro atoms. The van der Waals surface area contributed by atoms with E-state index in [1.54, 1.807) is 0 Å². The Hall–Kier alpha value is -0.590. The van der Waals surface area contributed by atoms with Crippen molar-refractivity contribution in [1.82, 2.24) is 10.2 Å². The van der Waals surface area contributed by atoms with Gasteiger partial charge in [-0.15, -0.1) is 0 Å². The number of aromatic amines is 1. The minimum Gasteiger partial charge on any atom is -0.478 e. The Morgan fingerprint density at radius 1 is 1.90 bits per heavy atom. The van der Waals surface area contributed by atoms with E-state index in [0.717, 1.165) is 0 Å². The summed E-state index contributed by atoms with van der Waals surface area (Å²) in [6, 6.07) is 0. The fraction of sp³-hybridized carbons (Fsp3) is 0.200. The highest BCUT2D eigenvalue weighted by molar-refractivity contribution is 14.1. The molecule has 10 heavy (non-hydrogen) atoms. The molecule has 0 aliphatic carbocycles. The van der Waals surface area contributed by atoms with Crippen molar-refractivity contribution in [2.75, 3.05) is 0 Å². The second-order valence-electron chi connectivity index (χ2n) is 1.68. The Labute approximate surface area is 70.8 Å². The van der Waals surface area contributed by atoms with Gasteiger partial charge in [-0.3, -0.25) is 5.10 Å². The lowest BCUT2D eigenvalue weighted by molar-refractivity contribution is 0.0696. The lowest BCUT2D eigenvalue weighted by Gasteiger charge is -1.88. The molecule has 1 heterocycles. The highest BCUT2D eigenvalue weighted by Gasteiger charge is 2.10. The normalized spacial score (nSPS) is 9.70. The quantitative estimate of drug-likeness (QED) is 0.610. The van der Waals surface area contributed by atoms with E-state index in [4.69, 9.17) is 5.11 Å². The number of nitrogens with zero attached hydrogens (tertiary/aromatic N) is 1.